The minimum Gasteiger partial charge on any atom is -0.468 e. The molecule has 70 heavy (non-hydrogen) atoms. The Morgan fingerprint density at radius 3 is 1.76 bits per heavy atom. The second-order valence-electron chi connectivity index (χ2n) is 24.8. The lowest BCUT2D eigenvalue weighted by atomic mass is 9.35. The lowest BCUT2D eigenvalue weighted by Crippen LogP contribution is -2.61. The van der Waals surface area contributed by atoms with E-state index in [0.717, 1.165) is 70.2 Å². The topological polar surface area (TPSA) is 32.8 Å². The first-order valence-electron chi connectivity index (χ1n) is 26.3. The van der Waals surface area contributed by atoms with E-state index in [-0.39, 0.29) is 33.8 Å². The van der Waals surface area contributed by atoms with Gasteiger partial charge < -0.3 is 18.6 Å². The monoisotopic (exact) mass is 912 g/mol. The van der Waals surface area contributed by atoms with Crippen molar-refractivity contribution in [2.24, 2.45) is 0 Å². The highest BCUT2D eigenvalue weighted by Gasteiger charge is 2.52. The van der Waals surface area contributed by atoms with Crippen molar-refractivity contribution in [2.75, 3.05) is 9.80 Å². The van der Waals surface area contributed by atoms with Gasteiger partial charge in [-0.15, -0.1) is 0 Å². The van der Waals surface area contributed by atoms with Crippen LogP contribution in [0.2, 0.25) is 0 Å². The number of benzene rings is 7. The predicted molar refractivity (Wildman–Crippen MR) is 293 cm³/mol. The van der Waals surface area contributed by atoms with Crippen molar-refractivity contribution in [1.29, 1.82) is 0 Å². The molecule has 15 rings (SSSR count). The van der Waals surface area contributed by atoms with Crippen LogP contribution in [0.3, 0.4) is 0 Å². The Labute approximate surface area is 412 Å². The van der Waals surface area contributed by atoms with Crippen molar-refractivity contribution in [3.05, 3.63) is 161 Å². The molecule has 2 aliphatic heterocycles. The van der Waals surface area contributed by atoms with Crippen LogP contribution in [0.5, 0.6) is 0 Å². The summed E-state index contributed by atoms with van der Waals surface area (Å²) in [7, 11) is 0. The lowest BCUT2D eigenvalue weighted by Gasteiger charge is -2.46. The van der Waals surface area contributed by atoms with Gasteiger partial charge in [-0.25, -0.2) is 0 Å². The zero-order valence-electron chi connectivity index (χ0n) is 42.1. The molecular weight excluding hydrogens is 852 g/mol. The number of nitrogens with zero attached hydrogens (tertiary/aromatic N) is 2. The molecule has 1 spiro atoms. The highest BCUT2D eigenvalue weighted by atomic mass is 16.3. The molecule has 0 radical (unpaired) electrons. The molecule has 4 nitrogen and oxygen atoms in total. The molecule has 1 fully saturated rings. The van der Waals surface area contributed by atoms with Gasteiger partial charge in [-0.2, -0.15) is 0 Å². The summed E-state index contributed by atoms with van der Waals surface area (Å²) < 4.78 is 14.7. The maximum atomic E-state index is 7.72. The van der Waals surface area contributed by atoms with Crippen LogP contribution in [0.4, 0.5) is 34.1 Å². The van der Waals surface area contributed by atoms with Crippen LogP contribution < -0.4 is 26.4 Å². The van der Waals surface area contributed by atoms with Gasteiger partial charge in [0.15, 0.2) is 5.58 Å². The maximum Gasteiger partial charge on any atom is 0.297 e. The Balaban J connectivity index is 1.09. The molecule has 346 valence electrons. The van der Waals surface area contributed by atoms with Gasteiger partial charge in [0, 0.05) is 44.2 Å². The first kappa shape index (κ1) is 41.3. The number of furan rings is 2. The van der Waals surface area contributed by atoms with Crippen molar-refractivity contribution < 1.29 is 8.83 Å². The summed E-state index contributed by atoms with van der Waals surface area (Å²) in [6.07, 6.45) is 9.52. The van der Waals surface area contributed by atoms with E-state index in [1.165, 1.54) is 109 Å². The van der Waals surface area contributed by atoms with Crippen molar-refractivity contribution in [1.82, 2.24) is 0 Å². The van der Waals surface area contributed by atoms with Gasteiger partial charge in [-0.05, 0) is 159 Å². The molecule has 1 saturated carbocycles. The molecular formula is C65H61BN2O2. The Hall–Kier alpha value is -6.46. The smallest absolute Gasteiger partial charge is 0.297 e. The highest BCUT2D eigenvalue weighted by molar-refractivity contribution is 7.00. The fourth-order valence-electron chi connectivity index (χ4n) is 15.1. The number of hydrogen-bond donors (Lipinski definition) is 0. The van der Waals surface area contributed by atoms with Gasteiger partial charge in [0.05, 0.1) is 22.7 Å². The van der Waals surface area contributed by atoms with E-state index < -0.39 is 0 Å². The van der Waals surface area contributed by atoms with Gasteiger partial charge >= 0.3 is 0 Å². The highest BCUT2D eigenvalue weighted by Crippen LogP contribution is 2.61. The molecule has 0 bridgehead atoms. The minimum atomic E-state index is -0.152. The standard InChI is InChI=1S/C65H61BN2O2/c1-61(2)30-33-64(7,8)47-37-55-41(34-44(47)61)58-60(70-55)66-48-35-45-46(63(5,6)32-31-62(45,3)4)36-53(48)67(49-23-16-22-43-56(49)40-19-9-11-21-42(40)65(43)28-13-14-29-65)50-24-17-25-51(57(50)66)68(58)52-26-15-20-39-38-18-10-12-27-54(38)69-59(39)52/h9-12,15-27,34-37H,13-14,28-33H2,1-8H3. The zero-order valence-corrected chi connectivity index (χ0v) is 42.1. The van der Waals surface area contributed by atoms with E-state index in [9.17, 15) is 0 Å². The third-order valence-electron chi connectivity index (χ3n) is 19.1. The summed E-state index contributed by atoms with van der Waals surface area (Å²) in [4.78, 5) is 5.24. The average Bonchev–Trinajstić information content (AvgIpc) is 4.15. The van der Waals surface area contributed by atoms with Crippen LogP contribution in [0.1, 0.15) is 140 Å². The van der Waals surface area contributed by atoms with E-state index >= 15 is 0 Å². The fourth-order valence-corrected chi connectivity index (χ4v) is 15.1. The van der Waals surface area contributed by atoms with Gasteiger partial charge in [-0.3, -0.25) is 0 Å². The molecule has 9 aromatic rings. The van der Waals surface area contributed by atoms with E-state index in [1.54, 1.807) is 0 Å². The third kappa shape index (κ3) is 5.19. The normalized spacial score (nSPS) is 20.0. The molecule has 7 aromatic carbocycles. The van der Waals surface area contributed by atoms with Gasteiger partial charge in [-0.1, -0.05) is 147 Å². The van der Waals surface area contributed by atoms with E-state index in [4.69, 9.17) is 8.83 Å². The minimum absolute atomic E-state index is 0.0108. The van der Waals surface area contributed by atoms with Crippen LogP contribution in [-0.2, 0) is 27.1 Å². The first-order chi connectivity index (χ1) is 33.7. The van der Waals surface area contributed by atoms with Crippen LogP contribution >= 0.6 is 0 Å². The molecule has 0 unspecified atom stereocenters. The van der Waals surface area contributed by atoms with E-state index in [2.05, 4.69) is 193 Å². The SMILES string of the molecule is CC1(C)CCC(C)(C)c2cc3c(cc21)B1c2oc4cc5c(cc4c2N(c2cccc4c2oc2ccccc24)c2cccc(c21)N3c1cccc2c1-c1ccccc1C21CCCC1)C(C)(C)CCC5(C)C. The van der Waals surface area contributed by atoms with Crippen LogP contribution in [0.15, 0.2) is 136 Å². The van der Waals surface area contributed by atoms with Crippen molar-refractivity contribution in [2.45, 2.75) is 134 Å². The number of anilines is 6. The number of para-hydroxylation sites is 2. The Bertz CT molecular complexity index is 3780. The number of rotatable bonds is 2. The number of fused-ring (bicyclic) bond motifs is 16. The van der Waals surface area contributed by atoms with E-state index in [1.807, 2.05) is 0 Å². The Morgan fingerprint density at radius 1 is 0.429 bits per heavy atom. The third-order valence-corrected chi connectivity index (χ3v) is 19.1. The molecule has 0 atom stereocenters. The Kier molecular flexibility index (Phi) is 7.96. The summed E-state index contributed by atoms with van der Waals surface area (Å²) in [6.45, 7) is 19.5. The fraction of sp³-hybridized carbons (Fsp3) is 0.323. The molecule has 2 aromatic heterocycles. The molecule has 0 N–H and O–H groups in total. The van der Waals surface area contributed by atoms with Crippen molar-refractivity contribution >= 4 is 90.3 Å². The molecule has 0 saturated heterocycles. The van der Waals surface area contributed by atoms with Gasteiger partial charge in [0.1, 0.15) is 11.2 Å². The molecule has 4 heterocycles. The van der Waals surface area contributed by atoms with Crippen molar-refractivity contribution in [3.63, 3.8) is 0 Å². The summed E-state index contributed by atoms with van der Waals surface area (Å²) >= 11 is 0. The molecule has 0 amide bonds. The molecule has 6 aliphatic rings. The van der Waals surface area contributed by atoms with Crippen LogP contribution in [0, 0.1) is 0 Å². The largest absolute Gasteiger partial charge is 0.468 e. The van der Waals surface area contributed by atoms with E-state index in [0.29, 0.717) is 0 Å². The second-order valence-corrected chi connectivity index (χ2v) is 24.8. The quantitative estimate of drug-likeness (QED) is 0.162. The lowest BCUT2D eigenvalue weighted by molar-refractivity contribution is 0.332. The average molecular weight is 913 g/mol. The Morgan fingerprint density at radius 2 is 1.00 bits per heavy atom. The summed E-state index contributed by atoms with van der Waals surface area (Å²) in [6, 6.07) is 49.2. The zero-order chi connectivity index (χ0) is 47.4. The van der Waals surface area contributed by atoms with Crippen LogP contribution in [0.25, 0.3) is 44.0 Å². The van der Waals surface area contributed by atoms with Gasteiger partial charge in [0.25, 0.3) is 6.71 Å². The summed E-state index contributed by atoms with van der Waals surface area (Å²) in [5.41, 5.74) is 25.3. The number of hydrogen-bond acceptors (Lipinski definition) is 4. The molecule has 5 heteroatoms. The summed E-state index contributed by atoms with van der Waals surface area (Å²) in [5.74, 6) is 0. The second kappa shape index (κ2) is 13.5. The first-order valence-corrected chi connectivity index (χ1v) is 26.3. The van der Waals surface area contributed by atoms with Crippen molar-refractivity contribution in [3.8, 4) is 11.1 Å². The maximum absolute atomic E-state index is 7.72. The predicted octanol–water partition coefficient (Wildman–Crippen LogP) is 16.0. The van der Waals surface area contributed by atoms with Crippen LogP contribution in [-0.4, -0.2) is 6.71 Å². The summed E-state index contributed by atoms with van der Waals surface area (Å²) in [5, 5.41) is 3.43. The molecule has 4 aliphatic carbocycles. The van der Waals surface area contributed by atoms with Gasteiger partial charge in [0.2, 0.25) is 0 Å².